The van der Waals surface area contributed by atoms with Crippen molar-refractivity contribution >= 4 is 11.5 Å². The highest BCUT2D eigenvalue weighted by molar-refractivity contribution is 6.10. The van der Waals surface area contributed by atoms with Gasteiger partial charge in [0.15, 0.2) is 0 Å². The molecule has 0 bridgehead atoms. The van der Waals surface area contributed by atoms with Gasteiger partial charge in [-0.25, -0.2) is 9.37 Å². The van der Waals surface area contributed by atoms with Gasteiger partial charge in [-0.15, -0.1) is 0 Å². The molecule has 0 atom stereocenters. The van der Waals surface area contributed by atoms with Crippen LogP contribution in [0.25, 0.3) is 0 Å². The molecule has 0 radical (unpaired) electrons. The maximum absolute atomic E-state index is 13.4. The second-order valence-corrected chi connectivity index (χ2v) is 3.38. The molecule has 0 spiro atoms. The monoisotopic (exact) mass is 234 g/mol. The smallest absolute Gasteiger partial charge is 0.216 e. The van der Waals surface area contributed by atoms with Gasteiger partial charge in [0.2, 0.25) is 11.7 Å². The lowest BCUT2D eigenvalue weighted by Crippen LogP contribution is -2.10. The van der Waals surface area contributed by atoms with Gasteiger partial charge < -0.3 is 5.73 Å². The number of hydrogen-bond donors (Lipinski definition) is 1. The van der Waals surface area contributed by atoms with Crippen LogP contribution in [0.4, 0.5) is 14.5 Å². The van der Waals surface area contributed by atoms with E-state index in [1.54, 1.807) is 0 Å². The summed E-state index contributed by atoms with van der Waals surface area (Å²) in [4.78, 5) is 15.3. The van der Waals surface area contributed by atoms with Crippen molar-refractivity contribution in [1.82, 2.24) is 4.98 Å². The first kappa shape index (κ1) is 11.2. The van der Waals surface area contributed by atoms with Crippen molar-refractivity contribution in [2.45, 2.75) is 0 Å². The van der Waals surface area contributed by atoms with E-state index in [9.17, 15) is 13.6 Å². The Morgan fingerprint density at radius 3 is 2.53 bits per heavy atom. The van der Waals surface area contributed by atoms with Gasteiger partial charge in [0.25, 0.3) is 0 Å². The Kier molecular flexibility index (Phi) is 2.82. The predicted molar refractivity (Wildman–Crippen MR) is 58.4 cm³/mol. The van der Waals surface area contributed by atoms with Crippen LogP contribution in [-0.2, 0) is 0 Å². The molecule has 2 N–H and O–H groups in total. The zero-order valence-corrected chi connectivity index (χ0v) is 8.65. The fraction of sp³-hybridized carbons (Fsp3) is 0. The Morgan fingerprint density at radius 2 is 1.82 bits per heavy atom. The minimum absolute atomic E-state index is 0.0136. The van der Waals surface area contributed by atoms with Crippen molar-refractivity contribution in [3.8, 4) is 0 Å². The van der Waals surface area contributed by atoms with E-state index in [1.807, 2.05) is 0 Å². The van der Waals surface area contributed by atoms with Crippen LogP contribution >= 0.6 is 0 Å². The largest absolute Gasteiger partial charge is 0.397 e. The summed E-state index contributed by atoms with van der Waals surface area (Å²) in [7, 11) is 0. The second-order valence-electron chi connectivity index (χ2n) is 3.38. The number of pyridine rings is 1. The number of halogens is 2. The van der Waals surface area contributed by atoms with Crippen LogP contribution in [0.3, 0.4) is 0 Å². The first-order chi connectivity index (χ1) is 8.09. The van der Waals surface area contributed by atoms with Gasteiger partial charge in [-0.05, 0) is 24.3 Å². The van der Waals surface area contributed by atoms with E-state index in [2.05, 4.69) is 4.98 Å². The summed E-state index contributed by atoms with van der Waals surface area (Å²) in [5, 5.41) is 0. The van der Waals surface area contributed by atoms with E-state index in [4.69, 9.17) is 5.73 Å². The molecule has 0 amide bonds. The Hall–Kier alpha value is -2.30. The number of anilines is 1. The molecule has 86 valence electrons. The molecular weight excluding hydrogens is 226 g/mol. The number of carbonyl (C=O) groups excluding carboxylic acids is 1. The topological polar surface area (TPSA) is 56.0 Å². The fourth-order valence-corrected chi connectivity index (χ4v) is 1.40. The van der Waals surface area contributed by atoms with Gasteiger partial charge in [0.1, 0.15) is 11.5 Å². The lowest BCUT2D eigenvalue weighted by atomic mass is 10.1. The molecule has 1 aromatic carbocycles. The van der Waals surface area contributed by atoms with Gasteiger partial charge >= 0.3 is 0 Å². The molecule has 0 fully saturated rings. The molecule has 0 unspecified atom stereocenters. The van der Waals surface area contributed by atoms with E-state index in [-0.39, 0.29) is 16.9 Å². The molecule has 1 heterocycles. The van der Waals surface area contributed by atoms with E-state index < -0.39 is 17.5 Å². The summed E-state index contributed by atoms with van der Waals surface area (Å²) in [6.07, 6.45) is 0. The summed E-state index contributed by atoms with van der Waals surface area (Å²) < 4.78 is 26.3. The van der Waals surface area contributed by atoms with Crippen molar-refractivity contribution in [2.24, 2.45) is 0 Å². The summed E-state index contributed by atoms with van der Waals surface area (Å²) in [6, 6.07) is 7.65. The number of nitrogens with two attached hydrogens (primary N) is 1. The van der Waals surface area contributed by atoms with Gasteiger partial charge in [-0.1, -0.05) is 12.1 Å². The number of ketones is 1. The predicted octanol–water partition coefficient (Wildman–Crippen LogP) is 2.17. The molecule has 0 aliphatic carbocycles. The van der Waals surface area contributed by atoms with Crippen LogP contribution in [-0.4, -0.2) is 10.8 Å². The average Bonchev–Trinajstić information content (AvgIpc) is 2.32. The van der Waals surface area contributed by atoms with Crippen LogP contribution in [0.15, 0.2) is 36.4 Å². The molecule has 0 saturated heterocycles. The highest BCUT2D eigenvalue weighted by atomic mass is 19.1. The highest BCUT2D eigenvalue weighted by Gasteiger charge is 2.18. The van der Waals surface area contributed by atoms with Gasteiger partial charge in [0.05, 0.1) is 11.3 Å². The van der Waals surface area contributed by atoms with E-state index in [0.717, 1.165) is 12.1 Å². The molecule has 2 rings (SSSR count). The summed E-state index contributed by atoms with van der Waals surface area (Å²) in [5.74, 6) is -2.26. The number of benzene rings is 1. The van der Waals surface area contributed by atoms with Crippen molar-refractivity contribution in [3.63, 3.8) is 0 Å². The van der Waals surface area contributed by atoms with Gasteiger partial charge in [-0.3, -0.25) is 4.79 Å². The third kappa shape index (κ3) is 2.13. The molecule has 0 aliphatic rings. The van der Waals surface area contributed by atoms with Gasteiger partial charge in [0, 0.05) is 0 Å². The zero-order chi connectivity index (χ0) is 12.4. The average molecular weight is 234 g/mol. The molecular formula is C12H8F2N2O. The number of carbonyl (C=O) groups is 1. The van der Waals surface area contributed by atoms with Crippen molar-refractivity contribution < 1.29 is 13.6 Å². The van der Waals surface area contributed by atoms with Gasteiger partial charge in [-0.2, -0.15) is 4.39 Å². The number of aromatic nitrogens is 1. The van der Waals surface area contributed by atoms with E-state index >= 15 is 0 Å². The van der Waals surface area contributed by atoms with Crippen LogP contribution in [0.5, 0.6) is 0 Å². The Labute approximate surface area is 95.9 Å². The quantitative estimate of drug-likeness (QED) is 0.640. The third-order valence-electron chi connectivity index (χ3n) is 2.23. The summed E-state index contributed by atoms with van der Waals surface area (Å²) >= 11 is 0. The van der Waals surface area contributed by atoms with Crippen molar-refractivity contribution in [1.29, 1.82) is 0 Å². The summed E-state index contributed by atoms with van der Waals surface area (Å²) in [5.41, 5.74) is 5.05. The number of nitrogen functional groups attached to an aromatic ring is 1. The first-order valence-corrected chi connectivity index (χ1v) is 4.81. The first-order valence-electron chi connectivity index (χ1n) is 4.81. The normalized spacial score (nSPS) is 10.2. The standard InChI is InChI=1S/C12H8F2N2O/c13-8-4-2-1-3-7(8)12(17)11-9(15)5-6-10(14)16-11/h1-6H,15H2. The number of rotatable bonds is 2. The SMILES string of the molecule is Nc1ccc(F)nc1C(=O)c1ccccc1F. The van der Waals surface area contributed by atoms with Crippen molar-refractivity contribution in [3.05, 3.63) is 59.4 Å². The zero-order valence-electron chi connectivity index (χ0n) is 8.65. The lowest BCUT2D eigenvalue weighted by Gasteiger charge is -2.04. The Morgan fingerprint density at radius 1 is 1.12 bits per heavy atom. The second kappa shape index (κ2) is 4.29. The molecule has 3 nitrogen and oxygen atoms in total. The molecule has 0 saturated carbocycles. The van der Waals surface area contributed by atoms with Crippen LogP contribution in [0.1, 0.15) is 16.1 Å². The van der Waals surface area contributed by atoms with Crippen LogP contribution < -0.4 is 5.73 Å². The third-order valence-corrected chi connectivity index (χ3v) is 2.23. The molecule has 1 aromatic heterocycles. The Bertz CT molecular complexity index is 584. The fourth-order valence-electron chi connectivity index (χ4n) is 1.40. The summed E-state index contributed by atoms with van der Waals surface area (Å²) in [6.45, 7) is 0. The lowest BCUT2D eigenvalue weighted by molar-refractivity contribution is 0.103. The number of hydrogen-bond acceptors (Lipinski definition) is 3. The van der Waals surface area contributed by atoms with E-state index in [1.165, 1.54) is 24.3 Å². The highest BCUT2D eigenvalue weighted by Crippen LogP contribution is 2.16. The maximum atomic E-state index is 13.4. The minimum Gasteiger partial charge on any atom is -0.397 e. The van der Waals surface area contributed by atoms with Crippen LogP contribution in [0, 0.1) is 11.8 Å². The number of nitrogens with zero attached hydrogens (tertiary/aromatic N) is 1. The Balaban J connectivity index is 2.51. The molecule has 0 aliphatic heterocycles. The van der Waals surface area contributed by atoms with E-state index in [0.29, 0.717) is 0 Å². The molecule has 2 aromatic rings. The van der Waals surface area contributed by atoms with Crippen molar-refractivity contribution in [2.75, 3.05) is 5.73 Å². The van der Waals surface area contributed by atoms with Crippen LogP contribution in [0.2, 0.25) is 0 Å². The molecule has 17 heavy (non-hydrogen) atoms. The minimum atomic E-state index is -0.834. The molecule has 5 heteroatoms. The maximum Gasteiger partial charge on any atom is 0.216 e.